The summed E-state index contributed by atoms with van der Waals surface area (Å²) in [5.74, 6) is 0.845. The minimum Gasteiger partial charge on any atom is -0.493 e. The first-order valence-electron chi connectivity index (χ1n) is 10.3. The van der Waals surface area contributed by atoms with E-state index in [1.807, 2.05) is 30.3 Å². The summed E-state index contributed by atoms with van der Waals surface area (Å²) < 4.78 is 10.7. The first-order valence-corrected chi connectivity index (χ1v) is 10.3. The lowest BCUT2D eigenvalue weighted by molar-refractivity contribution is -0.132. The molecule has 2 amide bonds. The quantitative estimate of drug-likeness (QED) is 0.598. The van der Waals surface area contributed by atoms with E-state index in [2.05, 4.69) is 20.4 Å². The fourth-order valence-electron chi connectivity index (χ4n) is 3.47. The van der Waals surface area contributed by atoms with Crippen molar-refractivity contribution in [2.24, 2.45) is 5.10 Å². The number of hydrogen-bond acceptors (Lipinski definition) is 7. The average molecular weight is 445 g/mol. The summed E-state index contributed by atoms with van der Waals surface area (Å²) in [7, 11) is 3.16. The molecule has 0 radical (unpaired) electrons. The zero-order valence-corrected chi connectivity index (χ0v) is 18.3. The minimum atomic E-state index is -0.407. The van der Waals surface area contributed by atoms with Crippen LogP contribution in [0.4, 0.5) is 5.69 Å². The van der Waals surface area contributed by atoms with Crippen LogP contribution >= 0.6 is 0 Å². The van der Waals surface area contributed by atoms with Gasteiger partial charge >= 0.3 is 0 Å². The Morgan fingerprint density at radius 2 is 1.79 bits per heavy atom. The highest BCUT2D eigenvalue weighted by Crippen LogP contribution is 2.29. The maximum Gasteiger partial charge on any atom is 0.293 e. The molecule has 9 nitrogen and oxygen atoms in total. The third-order valence-corrected chi connectivity index (χ3v) is 5.11. The van der Waals surface area contributed by atoms with Gasteiger partial charge in [0.1, 0.15) is 0 Å². The lowest BCUT2D eigenvalue weighted by Crippen LogP contribution is -2.31. The van der Waals surface area contributed by atoms with Crippen LogP contribution in [0, 0.1) is 0 Å². The molecule has 2 heterocycles. The van der Waals surface area contributed by atoms with Crippen LogP contribution in [-0.4, -0.2) is 46.7 Å². The van der Waals surface area contributed by atoms with Crippen molar-refractivity contribution in [3.05, 3.63) is 77.9 Å². The number of amides is 2. The first kappa shape index (κ1) is 21.9. The predicted octanol–water partition coefficient (Wildman–Crippen LogP) is 3.27. The van der Waals surface area contributed by atoms with E-state index >= 15 is 0 Å². The van der Waals surface area contributed by atoms with Gasteiger partial charge in [-0.3, -0.25) is 9.59 Å². The van der Waals surface area contributed by atoms with Crippen molar-refractivity contribution in [3.8, 4) is 11.5 Å². The van der Waals surface area contributed by atoms with Gasteiger partial charge in [-0.2, -0.15) is 5.10 Å². The molecule has 1 aliphatic rings. The van der Waals surface area contributed by atoms with E-state index in [1.165, 1.54) is 17.4 Å². The van der Waals surface area contributed by atoms with Gasteiger partial charge in [0.05, 0.1) is 26.5 Å². The Kier molecular flexibility index (Phi) is 6.58. The summed E-state index contributed by atoms with van der Waals surface area (Å²) in [6, 6.07) is 14.5. The Morgan fingerprint density at radius 1 is 1.00 bits per heavy atom. The number of anilines is 1. The van der Waals surface area contributed by atoms with Gasteiger partial charge in [0.15, 0.2) is 11.5 Å². The number of ether oxygens (including phenoxy) is 2. The Morgan fingerprint density at radius 3 is 2.55 bits per heavy atom. The molecule has 0 fully saturated rings. The van der Waals surface area contributed by atoms with E-state index in [-0.39, 0.29) is 18.3 Å². The Balaban J connectivity index is 1.51. The summed E-state index contributed by atoms with van der Waals surface area (Å²) in [6.45, 7) is 0.279. The van der Waals surface area contributed by atoms with E-state index in [1.54, 1.807) is 32.4 Å². The monoisotopic (exact) mass is 445 g/mol. The molecule has 2 aromatic carbocycles. The molecular weight excluding hydrogens is 422 g/mol. The van der Waals surface area contributed by atoms with Crippen molar-refractivity contribution in [3.63, 3.8) is 0 Å². The molecule has 3 aromatic rings. The number of carbonyl (C=O) groups is 2. The van der Waals surface area contributed by atoms with E-state index < -0.39 is 5.91 Å². The van der Waals surface area contributed by atoms with Crippen molar-refractivity contribution in [2.75, 3.05) is 19.5 Å². The Labute approximate surface area is 191 Å². The molecule has 1 N–H and O–H groups in total. The van der Waals surface area contributed by atoms with Crippen LogP contribution in [0.15, 0.2) is 66.0 Å². The third kappa shape index (κ3) is 5.15. The summed E-state index contributed by atoms with van der Waals surface area (Å²) in [6.07, 6.45) is 3.91. The molecule has 1 aromatic heterocycles. The maximum absolute atomic E-state index is 12.5. The molecule has 4 rings (SSSR count). The molecule has 1 aliphatic heterocycles. The molecule has 9 heteroatoms. The molecular formula is C24H23N5O4. The second-order valence-corrected chi connectivity index (χ2v) is 7.29. The molecule has 0 saturated carbocycles. The van der Waals surface area contributed by atoms with Crippen LogP contribution in [0.25, 0.3) is 0 Å². The van der Waals surface area contributed by atoms with Gasteiger partial charge in [-0.25, -0.2) is 15.0 Å². The molecule has 168 valence electrons. The fourth-order valence-corrected chi connectivity index (χ4v) is 3.47. The van der Waals surface area contributed by atoms with Crippen LogP contribution in [0.1, 0.15) is 34.6 Å². The van der Waals surface area contributed by atoms with E-state index in [4.69, 9.17) is 9.47 Å². The van der Waals surface area contributed by atoms with Crippen molar-refractivity contribution >= 4 is 23.2 Å². The van der Waals surface area contributed by atoms with Gasteiger partial charge in [-0.15, -0.1) is 0 Å². The molecule has 33 heavy (non-hydrogen) atoms. The smallest absolute Gasteiger partial charge is 0.293 e. The molecule has 0 unspecified atom stereocenters. The van der Waals surface area contributed by atoms with Gasteiger partial charge in [-0.1, -0.05) is 12.1 Å². The standard InChI is InChI=1S/C24H23N5O4/c1-32-20-9-7-17(14-21(20)33-2)19-8-10-22(30)29(28-19)15-16-5-3-6-18(13-16)27-24(31)23-25-11-4-12-26-23/h3-7,9,11-14H,8,10,15H2,1-2H3,(H,27,31). The van der Waals surface area contributed by atoms with Gasteiger partial charge < -0.3 is 14.8 Å². The SMILES string of the molecule is COc1ccc(C2=NN(Cc3cccc(NC(=O)c4ncccn4)c3)C(=O)CC2)cc1OC. The zero-order valence-electron chi connectivity index (χ0n) is 18.3. The van der Waals surface area contributed by atoms with Gasteiger partial charge in [0, 0.05) is 36.5 Å². The number of benzene rings is 2. The van der Waals surface area contributed by atoms with Crippen LogP contribution in [0.3, 0.4) is 0 Å². The summed E-state index contributed by atoms with van der Waals surface area (Å²) in [4.78, 5) is 32.8. The van der Waals surface area contributed by atoms with Crippen LogP contribution in [0.2, 0.25) is 0 Å². The topological polar surface area (TPSA) is 106 Å². The fraction of sp³-hybridized carbons (Fsp3) is 0.208. The number of methoxy groups -OCH3 is 2. The molecule has 0 saturated heterocycles. The number of hydrogen-bond donors (Lipinski definition) is 1. The number of aromatic nitrogens is 2. The van der Waals surface area contributed by atoms with Crippen LogP contribution in [-0.2, 0) is 11.3 Å². The highest BCUT2D eigenvalue weighted by atomic mass is 16.5. The lowest BCUT2D eigenvalue weighted by atomic mass is 10.0. The van der Waals surface area contributed by atoms with Crippen molar-refractivity contribution in [1.82, 2.24) is 15.0 Å². The number of nitrogens with one attached hydrogen (secondary N) is 1. The van der Waals surface area contributed by atoms with E-state index in [0.717, 1.165) is 16.8 Å². The Bertz CT molecular complexity index is 1200. The van der Waals surface area contributed by atoms with Crippen LogP contribution in [0.5, 0.6) is 11.5 Å². The number of hydrazone groups is 1. The lowest BCUT2D eigenvalue weighted by Gasteiger charge is -2.24. The second kappa shape index (κ2) is 9.90. The zero-order chi connectivity index (χ0) is 23.2. The predicted molar refractivity (Wildman–Crippen MR) is 122 cm³/mol. The number of rotatable bonds is 7. The minimum absolute atomic E-state index is 0.0636. The summed E-state index contributed by atoms with van der Waals surface area (Å²) in [5.41, 5.74) is 3.07. The van der Waals surface area contributed by atoms with Crippen molar-refractivity contribution < 1.29 is 19.1 Å². The second-order valence-electron chi connectivity index (χ2n) is 7.29. The van der Waals surface area contributed by atoms with Crippen molar-refractivity contribution in [1.29, 1.82) is 0 Å². The Hall–Kier alpha value is -4.27. The largest absolute Gasteiger partial charge is 0.493 e. The number of carbonyl (C=O) groups excluding carboxylic acids is 2. The summed E-state index contributed by atoms with van der Waals surface area (Å²) >= 11 is 0. The average Bonchev–Trinajstić information content (AvgIpc) is 2.85. The van der Waals surface area contributed by atoms with Gasteiger partial charge in [0.25, 0.3) is 5.91 Å². The molecule has 0 atom stereocenters. The van der Waals surface area contributed by atoms with Crippen molar-refractivity contribution in [2.45, 2.75) is 19.4 Å². The third-order valence-electron chi connectivity index (χ3n) is 5.11. The molecule has 0 spiro atoms. The van der Waals surface area contributed by atoms with Gasteiger partial charge in [0.2, 0.25) is 11.7 Å². The number of nitrogens with zero attached hydrogens (tertiary/aromatic N) is 4. The molecule has 0 aliphatic carbocycles. The van der Waals surface area contributed by atoms with E-state index in [0.29, 0.717) is 30.0 Å². The highest BCUT2D eigenvalue weighted by molar-refractivity contribution is 6.04. The summed E-state index contributed by atoms with van der Waals surface area (Å²) in [5, 5.41) is 8.83. The highest BCUT2D eigenvalue weighted by Gasteiger charge is 2.22. The normalized spacial score (nSPS) is 13.3. The molecule has 0 bridgehead atoms. The first-order chi connectivity index (χ1) is 16.1. The van der Waals surface area contributed by atoms with E-state index in [9.17, 15) is 9.59 Å². The van der Waals surface area contributed by atoms with Gasteiger partial charge in [-0.05, 0) is 42.0 Å². The maximum atomic E-state index is 12.5. The van der Waals surface area contributed by atoms with Crippen LogP contribution < -0.4 is 14.8 Å².